The second-order valence-corrected chi connectivity index (χ2v) is 6.40. The summed E-state index contributed by atoms with van der Waals surface area (Å²) >= 11 is 0. The van der Waals surface area contributed by atoms with Crippen molar-refractivity contribution >= 4 is 0 Å². The lowest BCUT2D eigenvalue weighted by molar-refractivity contribution is 0.0223. The van der Waals surface area contributed by atoms with Gasteiger partial charge in [-0.15, -0.1) is 0 Å². The van der Waals surface area contributed by atoms with Crippen molar-refractivity contribution in [2.75, 3.05) is 0 Å². The topological polar surface area (TPSA) is 38.0 Å². The predicted molar refractivity (Wildman–Crippen MR) is 82.8 cm³/mol. The standard InChI is InChI=1S/C17H30N2O/c1-4-14-8-7-10-17(20,11-9-14)13-16-12-15(5-2)18-19(16)6-3/h12,14,20H,4-11,13H2,1-3H3. The van der Waals surface area contributed by atoms with Crippen LogP contribution >= 0.6 is 0 Å². The van der Waals surface area contributed by atoms with E-state index in [1.165, 1.54) is 25.0 Å². The Hall–Kier alpha value is -0.830. The second-order valence-electron chi connectivity index (χ2n) is 6.40. The summed E-state index contributed by atoms with van der Waals surface area (Å²) in [5.41, 5.74) is 1.84. The van der Waals surface area contributed by atoms with Crippen molar-refractivity contribution in [1.82, 2.24) is 9.78 Å². The quantitative estimate of drug-likeness (QED) is 0.833. The minimum atomic E-state index is -0.512. The second kappa shape index (κ2) is 6.75. The average molecular weight is 278 g/mol. The molecule has 1 aliphatic rings. The molecule has 1 aliphatic carbocycles. The Morgan fingerprint density at radius 3 is 2.75 bits per heavy atom. The highest BCUT2D eigenvalue weighted by atomic mass is 16.3. The van der Waals surface area contributed by atoms with Crippen molar-refractivity contribution in [3.63, 3.8) is 0 Å². The van der Waals surface area contributed by atoms with Crippen molar-refractivity contribution in [3.8, 4) is 0 Å². The molecule has 2 atom stereocenters. The molecule has 0 aliphatic heterocycles. The van der Waals surface area contributed by atoms with Crippen LogP contribution in [0.25, 0.3) is 0 Å². The summed E-state index contributed by atoms with van der Waals surface area (Å²) in [6.45, 7) is 7.43. The van der Waals surface area contributed by atoms with E-state index in [2.05, 4.69) is 36.6 Å². The molecule has 0 amide bonds. The van der Waals surface area contributed by atoms with Crippen molar-refractivity contribution < 1.29 is 5.11 Å². The maximum Gasteiger partial charge on any atom is 0.0703 e. The van der Waals surface area contributed by atoms with Gasteiger partial charge in [0.25, 0.3) is 0 Å². The summed E-state index contributed by atoms with van der Waals surface area (Å²) in [7, 11) is 0. The van der Waals surface area contributed by atoms with Gasteiger partial charge in [0, 0.05) is 18.7 Å². The molecule has 3 heteroatoms. The highest BCUT2D eigenvalue weighted by Gasteiger charge is 2.31. The Labute approximate surface area is 123 Å². The van der Waals surface area contributed by atoms with Crippen LogP contribution in [0, 0.1) is 5.92 Å². The normalized spacial score (nSPS) is 27.5. The SMILES string of the molecule is CCc1cc(CC2(O)CCCC(CC)CC2)n(CC)n1. The fraction of sp³-hybridized carbons (Fsp3) is 0.824. The molecule has 0 saturated heterocycles. The van der Waals surface area contributed by atoms with Gasteiger partial charge in [0.15, 0.2) is 0 Å². The molecule has 20 heavy (non-hydrogen) atoms. The first-order valence-corrected chi connectivity index (χ1v) is 8.38. The molecule has 2 unspecified atom stereocenters. The molecule has 1 aromatic rings. The highest BCUT2D eigenvalue weighted by molar-refractivity contribution is 5.13. The first-order chi connectivity index (χ1) is 9.60. The first-order valence-electron chi connectivity index (χ1n) is 8.38. The van der Waals surface area contributed by atoms with Gasteiger partial charge in [-0.1, -0.05) is 33.1 Å². The zero-order valence-corrected chi connectivity index (χ0v) is 13.4. The minimum absolute atomic E-state index is 0.512. The molecule has 3 nitrogen and oxygen atoms in total. The van der Waals surface area contributed by atoms with Gasteiger partial charge in [0.05, 0.1) is 11.3 Å². The lowest BCUT2D eigenvalue weighted by Crippen LogP contribution is -2.31. The van der Waals surface area contributed by atoms with Crippen LogP contribution in [-0.4, -0.2) is 20.5 Å². The summed E-state index contributed by atoms with van der Waals surface area (Å²) in [5, 5.41) is 15.6. The van der Waals surface area contributed by atoms with Gasteiger partial charge < -0.3 is 5.11 Å². The highest BCUT2D eigenvalue weighted by Crippen LogP contribution is 2.34. The lowest BCUT2D eigenvalue weighted by Gasteiger charge is -2.27. The molecule has 0 radical (unpaired) electrons. The van der Waals surface area contributed by atoms with E-state index < -0.39 is 5.60 Å². The van der Waals surface area contributed by atoms with E-state index >= 15 is 0 Å². The third kappa shape index (κ3) is 3.63. The summed E-state index contributed by atoms with van der Waals surface area (Å²) in [5.74, 6) is 0.811. The Balaban J connectivity index is 2.09. The molecule has 1 aromatic heterocycles. The molecule has 2 rings (SSSR count). The van der Waals surface area contributed by atoms with Crippen LogP contribution in [0.1, 0.15) is 70.7 Å². The average Bonchev–Trinajstić information content (AvgIpc) is 2.74. The maximum absolute atomic E-state index is 11.0. The van der Waals surface area contributed by atoms with Crippen LogP contribution in [0.4, 0.5) is 0 Å². The van der Waals surface area contributed by atoms with E-state index in [1.54, 1.807) is 0 Å². The molecular weight excluding hydrogens is 248 g/mol. The number of aryl methyl sites for hydroxylation is 2. The molecule has 1 N–H and O–H groups in total. The zero-order valence-electron chi connectivity index (χ0n) is 13.4. The number of aliphatic hydroxyl groups is 1. The van der Waals surface area contributed by atoms with Crippen molar-refractivity contribution in [3.05, 3.63) is 17.5 Å². The van der Waals surface area contributed by atoms with Crippen molar-refractivity contribution in [2.24, 2.45) is 5.92 Å². The number of rotatable bonds is 5. The van der Waals surface area contributed by atoms with E-state index in [1.807, 2.05) is 0 Å². The summed E-state index contributed by atoms with van der Waals surface area (Å²) < 4.78 is 2.07. The Morgan fingerprint density at radius 1 is 1.30 bits per heavy atom. The van der Waals surface area contributed by atoms with E-state index in [4.69, 9.17) is 0 Å². The summed E-state index contributed by atoms with van der Waals surface area (Å²) in [4.78, 5) is 0. The van der Waals surface area contributed by atoms with Crippen LogP contribution in [-0.2, 0) is 19.4 Å². The van der Waals surface area contributed by atoms with E-state index in [0.717, 1.165) is 50.3 Å². The largest absolute Gasteiger partial charge is 0.389 e. The summed E-state index contributed by atoms with van der Waals surface area (Å²) in [6, 6.07) is 2.18. The molecule has 0 aromatic carbocycles. The van der Waals surface area contributed by atoms with Crippen molar-refractivity contribution in [2.45, 2.75) is 84.3 Å². The molecule has 0 bridgehead atoms. The third-order valence-electron chi connectivity index (χ3n) is 4.94. The van der Waals surface area contributed by atoms with Gasteiger partial charge in [-0.05, 0) is 44.6 Å². The first kappa shape index (κ1) is 15.6. The van der Waals surface area contributed by atoms with Crippen LogP contribution < -0.4 is 0 Å². The van der Waals surface area contributed by atoms with Crippen LogP contribution in [0.2, 0.25) is 0 Å². The molecule has 114 valence electrons. The molecule has 1 heterocycles. The smallest absolute Gasteiger partial charge is 0.0703 e. The van der Waals surface area contributed by atoms with Gasteiger partial charge in [-0.3, -0.25) is 4.68 Å². The molecule has 1 saturated carbocycles. The van der Waals surface area contributed by atoms with E-state index in [9.17, 15) is 5.11 Å². The minimum Gasteiger partial charge on any atom is -0.389 e. The van der Waals surface area contributed by atoms with Crippen molar-refractivity contribution in [1.29, 1.82) is 0 Å². The van der Waals surface area contributed by atoms with E-state index in [0.29, 0.717) is 0 Å². The Morgan fingerprint density at radius 2 is 2.10 bits per heavy atom. The molecular formula is C17H30N2O. The number of aromatic nitrogens is 2. The van der Waals surface area contributed by atoms with Crippen LogP contribution in [0.5, 0.6) is 0 Å². The fourth-order valence-electron chi connectivity index (χ4n) is 3.49. The van der Waals surface area contributed by atoms with Gasteiger partial charge in [0.1, 0.15) is 0 Å². The van der Waals surface area contributed by atoms with Gasteiger partial charge >= 0.3 is 0 Å². The summed E-state index contributed by atoms with van der Waals surface area (Å²) in [6.07, 6.45) is 8.50. The van der Waals surface area contributed by atoms with Gasteiger partial charge in [-0.25, -0.2) is 0 Å². The molecule has 0 spiro atoms. The lowest BCUT2D eigenvalue weighted by atomic mass is 9.88. The number of hydrogen-bond acceptors (Lipinski definition) is 2. The monoisotopic (exact) mass is 278 g/mol. The maximum atomic E-state index is 11.0. The Bertz CT molecular complexity index is 427. The third-order valence-corrected chi connectivity index (χ3v) is 4.94. The van der Waals surface area contributed by atoms with Gasteiger partial charge in [-0.2, -0.15) is 5.10 Å². The molecule has 1 fully saturated rings. The van der Waals surface area contributed by atoms with Crippen LogP contribution in [0.15, 0.2) is 6.07 Å². The zero-order chi connectivity index (χ0) is 14.6. The fourth-order valence-corrected chi connectivity index (χ4v) is 3.49. The number of hydrogen-bond donors (Lipinski definition) is 1. The van der Waals surface area contributed by atoms with Crippen LogP contribution in [0.3, 0.4) is 0 Å². The Kier molecular flexibility index (Phi) is 5.25. The predicted octanol–water partition coefficient (Wildman–Crippen LogP) is 3.73. The van der Waals surface area contributed by atoms with E-state index in [-0.39, 0.29) is 0 Å². The van der Waals surface area contributed by atoms with Gasteiger partial charge in [0.2, 0.25) is 0 Å². The number of nitrogens with zero attached hydrogens (tertiary/aromatic N) is 2.